The first-order valence-electron chi connectivity index (χ1n) is 8.09. The number of rotatable bonds is 3. The minimum absolute atomic E-state index is 0.0481. The second-order valence-corrected chi connectivity index (χ2v) is 6.97. The standard InChI is InChI=1S/C18H16BrN5O2/c1-10-17-13(11-3-5-12(19)6-4-11)9-15(25)20-18(17)24(23-10)14-7-8-16(26-2)22-21-14/h3-8,13H,9H2,1-2H3,(H,20,25). The summed E-state index contributed by atoms with van der Waals surface area (Å²) >= 11 is 3.45. The third-order valence-electron chi connectivity index (χ3n) is 4.43. The van der Waals surface area contributed by atoms with Crippen molar-refractivity contribution in [2.75, 3.05) is 12.4 Å². The van der Waals surface area contributed by atoms with Crippen molar-refractivity contribution in [1.82, 2.24) is 20.0 Å². The highest BCUT2D eigenvalue weighted by atomic mass is 79.9. The van der Waals surface area contributed by atoms with Gasteiger partial charge in [-0.05, 0) is 30.7 Å². The van der Waals surface area contributed by atoms with Crippen LogP contribution in [0.25, 0.3) is 5.82 Å². The number of aryl methyl sites for hydroxylation is 1. The fourth-order valence-electron chi connectivity index (χ4n) is 3.23. The van der Waals surface area contributed by atoms with Gasteiger partial charge in [0.05, 0.1) is 12.8 Å². The molecule has 0 fully saturated rings. The third-order valence-corrected chi connectivity index (χ3v) is 4.96. The summed E-state index contributed by atoms with van der Waals surface area (Å²) in [6.45, 7) is 1.94. The zero-order valence-electron chi connectivity index (χ0n) is 14.2. The molecular formula is C18H16BrN5O2. The Morgan fingerprint density at radius 2 is 1.96 bits per heavy atom. The Kier molecular flexibility index (Phi) is 4.20. The summed E-state index contributed by atoms with van der Waals surface area (Å²) in [5, 5.41) is 15.7. The van der Waals surface area contributed by atoms with E-state index in [2.05, 4.69) is 36.5 Å². The van der Waals surface area contributed by atoms with Crippen molar-refractivity contribution in [3.63, 3.8) is 0 Å². The lowest BCUT2D eigenvalue weighted by Gasteiger charge is -2.24. The zero-order chi connectivity index (χ0) is 18.3. The largest absolute Gasteiger partial charge is 0.480 e. The van der Waals surface area contributed by atoms with E-state index in [1.54, 1.807) is 16.8 Å². The van der Waals surface area contributed by atoms with E-state index in [0.717, 1.165) is 21.3 Å². The molecule has 0 spiro atoms. The lowest BCUT2D eigenvalue weighted by Crippen LogP contribution is -2.25. The van der Waals surface area contributed by atoms with E-state index in [1.165, 1.54) is 7.11 Å². The van der Waals surface area contributed by atoms with E-state index in [1.807, 2.05) is 31.2 Å². The smallest absolute Gasteiger partial charge is 0.233 e. The number of halogens is 1. The monoisotopic (exact) mass is 413 g/mol. The van der Waals surface area contributed by atoms with Crippen LogP contribution < -0.4 is 10.1 Å². The molecule has 1 aromatic carbocycles. The molecule has 1 unspecified atom stereocenters. The van der Waals surface area contributed by atoms with E-state index < -0.39 is 0 Å². The Hall–Kier alpha value is -2.74. The number of methoxy groups -OCH3 is 1. The number of carbonyl (C=O) groups excluding carboxylic acids is 1. The summed E-state index contributed by atoms with van der Waals surface area (Å²) in [5.41, 5.74) is 2.93. The first-order valence-corrected chi connectivity index (χ1v) is 8.89. The average molecular weight is 414 g/mol. The molecular weight excluding hydrogens is 398 g/mol. The molecule has 1 amide bonds. The molecule has 1 atom stereocenters. The number of nitrogens with one attached hydrogen (secondary N) is 1. The van der Waals surface area contributed by atoms with Crippen molar-refractivity contribution in [3.8, 4) is 11.7 Å². The number of amides is 1. The zero-order valence-corrected chi connectivity index (χ0v) is 15.8. The third kappa shape index (κ3) is 2.86. The Labute approximate surface area is 158 Å². The molecule has 0 bridgehead atoms. The Bertz CT molecular complexity index is 966. The highest BCUT2D eigenvalue weighted by molar-refractivity contribution is 9.10. The summed E-state index contributed by atoms with van der Waals surface area (Å²) in [7, 11) is 1.53. The Balaban J connectivity index is 1.82. The van der Waals surface area contributed by atoms with Gasteiger partial charge < -0.3 is 10.1 Å². The van der Waals surface area contributed by atoms with Gasteiger partial charge in [0.1, 0.15) is 5.82 Å². The van der Waals surface area contributed by atoms with E-state index in [-0.39, 0.29) is 11.8 Å². The quantitative estimate of drug-likeness (QED) is 0.712. The van der Waals surface area contributed by atoms with Crippen LogP contribution in [0.15, 0.2) is 40.9 Å². The second kappa shape index (κ2) is 6.53. The predicted molar refractivity (Wildman–Crippen MR) is 99.7 cm³/mol. The molecule has 26 heavy (non-hydrogen) atoms. The number of hydrogen-bond acceptors (Lipinski definition) is 5. The van der Waals surface area contributed by atoms with E-state index in [9.17, 15) is 4.79 Å². The van der Waals surface area contributed by atoms with Crippen LogP contribution in [0.3, 0.4) is 0 Å². The normalized spacial score (nSPS) is 16.1. The van der Waals surface area contributed by atoms with Gasteiger partial charge >= 0.3 is 0 Å². The number of ether oxygens (including phenoxy) is 1. The molecule has 4 rings (SSSR count). The minimum Gasteiger partial charge on any atom is -0.480 e. The van der Waals surface area contributed by atoms with Crippen LogP contribution >= 0.6 is 15.9 Å². The van der Waals surface area contributed by atoms with Gasteiger partial charge in [0.25, 0.3) is 0 Å². The lowest BCUT2D eigenvalue weighted by molar-refractivity contribution is -0.116. The molecule has 1 N–H and O–H groups in total. The molecule has 8 heteroatoms. The topological polar surface area (TPSA) is 81.9 Å². The molecule has 1 aliphatic heterocycles. The van der Waals surface area contributed by atoms with Gasteiger partial charge in [0, 0.05) is 28.4 Å². The van der Waals surface area contributed by atoms with Crippen LogP contribution in [0, 0.1) is 6.92 Å². The molecule has 3 aromatic rings. The summed E-state index contributed by atoms with van der Waals surface area (Å²) < 4.78 is 7.68. The summed E-state index contributed by atoms with van der Waals surface area (Å²) in [6, 6.07) is 11.5. The highest BCUT2D eigenvalue weighted by Gasteiger charge is 2.32. The number of nitrogens with zero attached hydrogens (tertiary/aromatic N) is 4. The molecule has 3 heterocycles. The summed E-state index contributed by atoms with van der Waals surface area (Å²) in [4.78, 5) is 12.4. The molecule has 0 saturated heterocycles. The fourth-order valence-corrected chi connectivity index (χ4v) is 3.49. The first-order chi connectivity index (χ1) is 12.6. The maximum Gasteiger partial charge on any atom is 0.233 e. The van der Waals surface area contributed by atoms with Crippen LogP contribution in [0.1, 0.15) is 29.2 Å². The Morgan fingerprint density at radius 3 is 2.62 bits per heavy atom. The van der Waals surface area contributed by atoms with E-state index >= 15 is 0 Å². The highest BCUT2D eigenvalue weighted by Crippen LogP contribution is 2.40. The van der Waals surface area contributed by atoms with Gasteiger partial charge in [-0.1, -0.05) is 28.1 Å². The van der Waals surface area contributed by atoms with Gasteiger partial charge in [-0.25, -0.2) is 0 Å². The van der Waals surface area contributed by atoms with Gasteiger partial charge in [0.15, 0.2) is 5.82 Å². The van der Waals surface area contributed by atoms with Gasteiger partial charge in [-0.15, -0.1) is 10.2 Å². The molecule has 0 radical (unpaired) electrons. The van der Waals surface area contributed by atoms with Crippen molar-refractivity contribution >= 4 is 27.7 Å². The summed E-state index contributed by atoms with van der Waals surface area (Å²) in [6.07, 6.45) is 0.384. The van der Waals surface area contributed by atoms with Crippen molar-refractivity contribution in [2.45, 2.75) is 19.3 Å². The predicted octanol–water partition coefficient (Wildman–Crippen LogP) is 3.22. The van der Waals surface area contributed by atoms with Crippen molar-refractivity contribution in [2.24, 2.45) is 0 Å². The molecule has 2 aromatic heterocycles. The second-order valence-electron chi connectivity index (χ2n) is 6.05. The lowest BCUT2D eigenvalue weighted by atomic mass is 9.86. The maximum absolute atomic E-state index is 12.4. The molecule has 1 aliphatic rings. The molecule has 0 aliphatic carbocycles. The van der Waals surface area contributed by atoms with Gasteiger partial charge in [-0.2, -0.15) is 9.78 Å². The number of anilines is 1. The van der Waals surface area contributed by atoms with Crippen LogP contribution in [0.2, 0.25) is 0 Å². The number of hydrogen-bond donors (Lipinski definition) is 1. The molecule has 0 saturated carbocycles. The average Bonchev–Trinajstić information content (AvgIpc) is 2.98. The van der Waals surface area contributed by atoms with Crippen LogP contribution in [-0.4, -0.2) is 33.0 Å². The fraction of sp³-hybridized carbons (Fsp3) is 0.222. The van der Waals surface area contributed by atoms with Crippen LogP contribution in [0.5, 0.6) is 5.88 Å². The van der Waals surface area contributed by atoms with Crippen LogP contribution in [0.4, 0.5) is 5.82 Å². The summed E-state index contributed by atoms with van der Waals surface area (Å²) in [5.74, 6) is 1.49. The van der Waals surface area contributed by atoms with Crippen molar-refractivity contribution in [3.05, 3.63) is 57.7 Å². The van der Waals surface area contributed by atoms with E-state index in [4.69, 9.17) is 4.74 Å². The van der Waals surface area contributed by atoms with Gasteiger partial charge in [0.2, 0.25) is 11.8 Å². The van der Waals surface area contributed by atoms with E-state index in [0.29, 0.717) is 23.9 Å². The number of carbonyl (C=O) groups is 1. The maximum atomic E-state index is 12.4. The van der Waals surface area contributed by atoms with Crippen molar-refractivity contribution in [1.29, 1.82) is 0 Å². The van der Waals surface area contributed by atoms with Gasteiger partial charge in [-0.3, -0.25) is 4.79 Å². The van der Waals surface area contributed by atoms with Crippen LogP contribution in [-0.2, 0) is 4.79 Å². The molecule has 7 nitrogen and oxygen atoms in total. The first kappa shape index (κ1) is 16.7. The SMILES string of the molecule is COc1ccc(-n2nc(C)c3c2NC(=O)CC3c2ccc(Br)cc2)nn1. The molecule has 132 valence electrons. The van der Waals surface area contributed by atoms with Crippen molar-refractivity contribution < 1.29 is 9.53 Å². The number of aromatic nitrogens is 4. The number of fused-ring (bicyclic) bond motifs is 1. The number of benzene rings is 1. The minimum atomic E-state index is -0.0493. The Morgan fingerprint density at radius 1 is 1.19 bits per heavy atom.